The largest absolute Gasteiger partial charge is 0.323 e. The average molecular weight is 446 g/mol. The SMILES string of the molecule is Cc1cc(Br)c(NC(=O)Cn2nc(C)c([N+](=O)[O-])c2C)c(Br)c1. The van der Waals surface area contributed by atoms with E-state index in [1.54, 1.807) is 13.8 Å². The lowest BCUT2D eigenvalue weighted by Crippen LogP contribution is -2.21. The molecule has 2 rings (SSSR count). The second-order valence-electron chi connectivity index (χ2n) is 5.09. The number of amides is 1. The predicted molar refractivity (Wildman–Crippen MR) is 93.6 cm³/mol. The Morgan fingerprint density at radius 3 is 2.35 bits per heavy atom. The summed E-state index contributed by atoms with van der Waals surface area (Å²) in [5.74, 6) is -0.323. The highest BCUT2D eigenvalue weighted by Crippen LogP contribution is 2.32. The summed E-state index contributed by atoms with van der Waals surface area (Å²) in [4.78, 5) is 22.7. The number of benzene rings is 1. The number of halogens is 2. The number of nitrogens with zero attached hydrogens (tertiary/aromatic N) is 3. The van der Waals surface area contributed by atoms with Crippen molar-refractivity contribution in [3.05, 3.63) is 48.1 Å². The van der Waals surface area contributed by atoms with Crippen LogP contribution in [0.25, 0.3) is 0 Å². The van der Waals surface area contributed by atoms with Crippen LogP contribution in [0.15, 0.2) is 21.1 Å². The third-order valence-corrected chi connectivity index (χ3v) is 4.52. The zero-order valence-electron chi connectivity index (χ0n) is 12.7. The van der Waals surface area contributed by atoms with E-state index in [4.69, 9.17) is 0 Å². The van der Waals surface area contributed by atoms with E-state index in [0.29, 0.717) is 11.4 Å². The number of aryl methyl sites for hydroxylation is 2. The molecule has 7 nitrogen and oxygen atoms in total. The van der Waals surface area contributed by atoms with E-state index < -0.39 is 4.92 Å². The molecule has 0 atom stereocenters. The fourth-order valence-corrected chi connectivity index (χ4v) is 3.85. The van der Waals surface area contributed by atoms with Crippen molar-refractivity contribution in [2.45, 2.75) is 27.3 Å². The van der Waals surface area contributed by atoms with Crippen molar-refractivity contribution in [1.29, 1.82) is 0 Å². The van der Waals surface area contributed by atoms with Crippen molar-refractivity contribution in [2.75, 3.05) is 5.32 Å². The first kappa shape index (κ1) is 17.6. The third kappa shape index (κ3) is 3.78. The van der Waals surface area contributed by atoms with Gasteiger partial charge in [0.1, 0.15) is 17.9 Å². The normalized spacial score (nSPS) is 10.7. The van der Waals surface area contributed by atoms with Crippen LogP contribution in [0.5, 0.6) is 0 Å². The quantitative estimate of drug-likeness (QED) is 0.571. The van der Waals surface area contributed by atoms with Crippen LogP contribution in [0.1, 0.15) is 17.0 Å². The Bertz CT molecular complexity index is 779. The van der Waals surface area contributed by atoms with Crippen molar-refractivity contribution in [2.24, 2.45) is 0 Å². The molecule has 0 spiro atoms. The molecule has 0 bridgehead atoms. The van der Waals surface area contributed by atoms with Gasteiger partial charge in [-0.2, -0.15) is 5.10 Å². The number of carbonyl (C=O) groups excluding carboxylic acids is 1. The summed E-state index contributed by atoms with van der Waals surface area (Å²) >= 11 is 6.81. The number of carbonyl (C=O) groups is 1. The lowest BCUT2D eigenvalue weighted by Gasteiger charge is -2.11. The number of nitro groups is 1. The molecule has 0 unspecified atom stereocenters. The molecule has 1 heterocycles. The summed E-state index contributed by atoms with van der Waals surface area (Å²) in [5, 5.41) is 17.8. The third-order valence-electron chi connectivity index (χ3n) is 3.27. The minimum Gasteiger partial charge on any atom is -0.323 e. The van der Waals surface area contributed by atoms with Gasteiger partial charge in [0.05, 0.1) is 10.6 Å². The minimum absolute atomic E-state index is 0.0597. The number of aromatic nitrogens is 2. The number of anilines is 1. The lowest BCUT2D eigenvalue weighted by atomic mass is 10.2. The van der Waals surface area contributed by atoms with E-state index in [2.05, 4.69) is 42.3 Å². The van der Waals surface area contributed by atoms with Gasteiger partial charge in [-0.25, -0.2) is 0 Å². The first-order chi connectivity index (χ1) is 10.7. The van der Waals surface area contributed by atoms with Crippen molar-refractivity contribution < 1.29 is 9.72 Å². The highest BCUT2D eigenvalue weighted by atomic mass is 79.9. The zero-order valence-corrected chi connectivity index (χ0v) is 15.9. The number of rotatable bonds is 4. The Kier molecular flexibility index (Phi) is 5.20. The Balaban J connectivity index is 2.21. The lowest BCUT2D eigenvalue weighted by molar-refractivity contribution is -0.386. The fraction of sp³-hybridized carbons (Fsp3) is 0.286. The van der Waals surface area contributed by atoms with E-state index in [9.17, 15) is 14.9 Å². The summed E-state index contributed by atoms with van der Waals surface area (Å²) < 4.78 is 2.83. The van der Waals surface area contributed by atoms with Gasteiger partial charge >= 0.3 is 5.69 Å². The summed E-state index contributed by atoms with van der Waals surface area (Å²) in [6.45, 7) is 4.96. The standard InChI is InChI=1S/C14H14Br2N4O3/c1-7-4-10(15)13(11(16)5-7)17-12(21)6-19-9(3)14(20(22)23)8(2)18-19/h4-5H,6H2,1-3H3,(H,17,21). The maximum absolute atomic E-state index is 12.2. The van der Waals surface area contributed by atoms with Gasteiger partial charge in [0.2, 0.25) is 5.91 Å². The van der Waals surface area contributed by atoms with Crippen molar-refractivity contribution in [3.63, 3.8) is 0 Å². The fourth-order valence-electron chi connectivity index (χ4n) is 2.24. The molecular formula is C14H14Br2N4O3. The Hall–Kier alpha value is -1.74. The summed E-state index contributed by atoms with van der Waals surface area (Å²) in [6.07, 6.45) is 0. The minimum atomic E-state index is -0.487. The molecule has 1 N–H and O–H groups in total. The van der Waals surface area contributed by atoms with Crippen LogP contribution in [0.4, 0.5) is 11.4 Å². The van der Waals surface area contributed by atoms with Crippen LogP contribution in [0.3, 0.4) is 0 Å². The molecule has 23 heavy (non-hydrogen) atoms. The first-order valence-electron chi connectivity index (χ1n) is 6.64. The van der Waals surface area contributed by atoms with Crippen LogP contribution in [0.2, 0.25) is 0 Å². The van der Waals surface area contributed by atoms with Gasteiger partial charge in [0, 0.05) is 8.95 Å². The molecule has 0 aliphatic carbocycles. The molecule has 0 aliphatic heterocycles. The average Bonchev–Trinajstić information content (AvgIpc) is 2.68. The van der Waals surface area contributed by atoms with Gasteiger partial charge in [-0.15, -0.1) is 0 Å². The van der Waals surface area contributed by atoms with E-state index in [1.165, 1.54) is 4.68 Å². The highest BCUT2D eigenvalue weighted by molar-refractivity contribution is 9.11. The topological polar surface area (TPSA) is 90.1 Å². The first-order valence-corrected chi connectivity index (χ1v) is 8.23. The molecule has 0 saturated heterocycles. The molecule has 0 radical (unpaired) electrons. The van der Waals surface area contributed by atoms with Gasteiger partial charge in [-0.1, -0.05) is 0 Å². The van der Waals surface area contributed by atoms with Gasteiger partial charge < -0.3 is 5.32 Å². The van der Waals surface area contributed by atoms with Crippen molar-refractivity contribution >= 4 is 49.1 Å². The highest BCUT2D eigenvalue weighted by Gasteiger charge is 2.23. The van der Waals surface area contributed by atoms with Gasteiger partial charge in [0.15, 0.2) is 0 Å². The van der Waals surface area contributed by atoms with Crippen LogP contribution in [-0.2, 0) is 11.3 Å². The zero-order chi connectivity index (χ0) is 17.3. The Morgan fingerprint density at radius 1 is 1.30 bits per heavy atom. The molecule has 1 aromatic heterocycles. The molecule has 0 saturated carbocycles. The molecule has 2 aromatic rings. The molecule has 1 amide bonds. The van der Waals surface area contributed by atoms with Crippen molar-refractivity contribution in [3.8, 4) is 0 Å². The molecule has 1 aromatic carbocycles. The van der Waals surface area contributed by atoms with Crippen molar-refractivity contribution in [1.82, 2.24) is 9.78 Å². The molecule has 0 fully saturated rings. The van der Waals surface area contributed by atoms with Crippen LogP contribution in [0, 0.1) is 30.9 Å². The van der Waals surface area contributed by atoms with Crippen LogP contribution >= 0.6 is 31.9 Å². The number of nitrogens with one attached hydrogen (secondary N) is 1. The second-order valence-corrected chi connectivity index (χ2v) is 6.79. The van der Waals surface area contributed by atoms with Crippen LogP contribution < -0.4 is 5.32 Å². The summed E-state index contributed by atoms with van der Waals surface area (Å²) in [6, 6.07) is 3.77. The Labute approximate surface area is 149 Å². The van der Waals surface area contributed by atoms with Gasteiger partial charge in [-0.3, -0.25) is 19.6 Å². The summed E-state index contributed by atoms with van der Waals surface area (Å²) in [7, 11) is 0. The maximum atomic E-state index is 12.2. The summed E-state index contributed by atoms with van der Waals surface area (Å²) in [5.41, 5.74) is 2.23. The molecule has 0 aliphatic rings. The van der Waals surface area contributed by atoms with E-state index >= 15 is 0 Å². The maximum Gasteiger partial charge on any atom is 0.312 e. The molecular weight excluding hydrogens is 432 g/mol. The van der Waals surface area contributed by atoms with Crippen LogP contribution in [-0.4, -0.2) is 20.6 Å². The smallest absolute Gasteiger partial charge is 0.312 e. The molecule has 9 heteroatoms. The number of hydrogen-bond donors (Lipinski definition) is 1. The monoisotopic (exact) mass is 444 g/mol. The predicted octanol–water partition coefficient (Wildman–Crippen LogP) is 3.88. The van der Waals surface area contributed by atoms with Gasteiger partial charge in [0.25, 0.3) is 0 Å². The van der Waals surface area contributed by atoms with E-state index in [1.807, 2.05) is 19.1 Å². The van der Waals surface area contributed by atoms with Gasteiger partial charge in [-0.05, 0) is 70.3 Å². The van der Waals surface area contributed by atoms with E-state index in [-0.39, 0.29) is 23.8 Å². The molecule has 122 valence electrons. The Morgan fingerprint density at radius 2 is 1.87 bits per heavy atom. The second kappa shape index (κ2) is 6.79. The van der Waals surface area contributed by atoms with E-state index in [0.717, 1.165) is 14.5 Å². The number of hydrogen-bond acceptors (Lipinski definition) is 4.